The topological polar surface area (TPSA) is 73.9 Å². The summed E-state index contributed by atoms with van der Waals surface area (Å²) in [5.41, 5.74) is -1.50. The van der Waals surface area contributed by atoms with Crippen LogP contribution in [0.25, 0.3) is 0 Å². The van der Waals surface area contributed by atoms with Crippen molar-refractivity contribution in [2.45, 2.75) is 64.7 Å². The number of amides is 1. The number of esters is 1. The Kier molecular flexibility index (Phi) is 5.61. The second-order valence-corrected chi connectivity index (χ2v) is 6.96. The highest BCUT2D eigenvalue weighted by Crippen LogP contribution is 2.31. The molecule has 1 amide bonds. The van der Waals surface area contributed by atoms with Crippen molar-refractivity contribution >= 4 is 12.1 Å². The fraction of sp³-hybridized carbons (Fsp3) is 0.867. The lowest BCUT2D eigenvalue weighted by molar-refractivity contribution is -0.153. The summed E-state index contributed by atoms with van der Waals surface area (Å²) < 4.78 is 15.7. The summed E-state index contributed by atoms with van der Waals surface area (Å²) in [7, 11) is 1.28. The van der Waals surface area contributed by atoms with Crippen LogP contribution in [0.15, 0.2) is 0 Å². The molecule has 1 saturated carbocycles. The Morgan fingerprint density at radius 3 is 2.19 bits per heavy atom. The van der Waals surface area contributed by atoms with Crippen LogP contribution in [0.4, 0.5) is 4.79 Å². The van der Waals surface area contributed by atoms with Crippen molar-refractivity contribution in [1.82, 2.24) is 5.32 Å². The van der Waals surface area contributed by atoms with Crippen LogP contribution >= 0.6 is 0 Å². The highest BCUT2D eigenvalue weighted by Gasteiger charge is 2.40. The minimum Gasteiger partial charge on any atom is -0.467 e. The molecule has 1 atom stereocenters. The van der Waals surface area contributed by atoms with Crippen molar-refractivity contribution in [2.75, 3.05) is 13.7 Å². The van der Waals surface area contributed by atoms with E-state index in [0.717, 1.165) is 12.8 Å². The van der Waals surface area contributed by atoms with Gasteiger partial charge in [-0.3, -0.25) is 0 Å². The summed E-state index contributed by atoms with van der Waals surface area (Å²) in [5.74, 6) is 0.00533. The van der Waals surface area contributed by atoms with E-state index in [4.69, 9.17) is 14.2 Å². The molecule has 0 aromatic carbocycles. The first kappa shape index (κ1) is 17.8. The van der Waals surface area contributed by atoms with Crippen molar-refractivity contribution in [1.29, 1.82) is 0 Å². The molecular weight excluding hydrogens is 274 g/mol. The predicted molar refractivity (Wildman–Crippen MR) is 77.9 cm³/mol. The molecule has 122 valence electrons. The van der Waals surface area contributed by atoms with Gasteiger partial charge in [-0.15, -0.1) is 0 Å². The summed E-state index contributed by atoms with van der Waals surface area (Å²) in [5, 5.41) is 2.55. The maximum absolute atomic E-state index is 11.9. The Morgan fingerprint density at radius 2 is 1.76 bits per heavy atom. The van der Waals surface area contributed by atoms with Crippen molar-refractivity contribution < 1.29 is 23.8 Å². The molecule has 1 aliphatic rings. The number of nitrogens with one attached hydrogen (secondary N) is 1. The van der Waals surface area contributed by atoms with E-state index >= 15 is 0 Å². The van der Waals surface area contributed by atoms with Gasteiger partial charge in [0.25, 0.3) is 0 Å². The van der Waals surface area contributed by atoms with Crippen molar-refractivity contribution in [3.05, 3.63) is 0 Å². The number of rotatable bonds is 6. The van der Waals surface area contributed by atoms with Crippen LogP contribution in [0.5, 0.6) is 0 Å². The van der Waals surface area contributed by atoms with Crippen LogP contribution in [0.1, 0.15) is 47.5 Å². The molecule has 1 N–H and O–H groups in total. The van der Waals surface area contributed by atoms with Gasteiger partial charge in [0.05, 0.1) is 19.3 Å². The van der Waals surface area contributed by atoms with Gasteiger partial charge in [-0.1, -0.05) is 0 Å². The van der Waals surface area contributed by atoms with Crippen LogP contribution in [-0.2, 0) is 19.0 Å². The van der Waals surface area contributed by atoms with Crippen LogP contribution in [0, 0.1) is 5.92 Å². The van der Waals surface area contributed by atoms with Crippen molar-refractivity contribution in [3.8, 4) is 0 Å². The third kappa shape index (κ3) is 6.33. The van der Waals surface area contributed by atoms with Crippen LogP contribution in [0.2, 0.25) is 0 Å². The molecule has 1 rings (SSSR count). The van der Waals surface area contributed by atoms with Gasteiger partial charge in [0, 0.05) is 0 Å². The predicted octanol–water partition coefficient (Wildman–Crippen LogP) is 2.26. The third-order valence-electron chi connectivity index (χ3n) is 3.18. The van der Waals surface area contributed by atoms with E-state index in [1.54, 1.807) is 34.6 Å². The van der Waals surface area contributed by atoms with E-state index < -0.39 is 29.3 Å². The minimum atomic E-state index is -0.920. The minimum absolute atomic E-state index is 0.554. The highest BCUT2D eigenvalue weighted by molar-refractivity contribution is 5.82. The summed E-state index contributed by atoms with van der Waals surface area (Å²) >= 11 is 0. The lowest BCUT2D eigenvalue weighted by Crippen LogP contribution is -2.56. The van der Waals surface area contributed by atoms with Crippen LogP contribution in [-0.4, -0.2) is 43.0 Å². The normalized spacial score (nSPS) is 17.0. The molecular formula is C15H27NO5. The Morgan fingerprint density at radius 1 is 1.19 bits per heavy atom. The van der Waals surface area contributed by atoms with E-state index in [9.17, 15) is 9.59 Å². The first-order chi connectivity index (χ1) is 9.55. The Balaban J connectivity index is 2.69. The third-order valence-corrected chi connectivity index (χ3v) is 3.18. The van der Waals surface area contributed by atoms with Crippen LogP contribution in [0.3, 0.4) is 0 Å². The van der Waals surface area contributed by atoms with Gasteiger partial charge in [-0.2, -0.15) is 0 Å². The quantitative estimate of drug-likeness (QED) is 0.762. The second-order valence-electron chi connectivity index (χ2n) is 6.96. The summed E-state index contributed by atoms with van der Waals surface area (Å²) in [6.45, 7) is 9.37. The molecule has 0 bridgehead atoms. The Labute approximate surface area is 126 Å². The number of alkyl carbamates (subject to hydrolysis) is 1. The van der Waals surface area contributed by atoms with Gasteiger partial charge in [0.2, 0.25) is 0 Å². The molecule has 6 nitrogen and oxygen atoms in total. The fourth-order valence-corrected chi connectivity index (χ4v) is 1.76. The number of hydrogen-bond donors (Lipinski definition) is 1. The Bertz CT molecular complexity index is 382. The van der Waals surface area contributed by atoms with Crippen molar-refractivity contribution in [2.24, 2.45) is 5.92 Å². The van der Waals surface area contributed by atoms with Gasteiger partial charge < -0.3 is 19.5 Å². The van der Waals surface area contributed by atoms with Gasteiger partial charge >= 0.3 is 12.1 Å². The molecule has 0 saturated heterocycles. The Hall–Kier alpha value is -1.30. The van der Waals surface area contributed by atoms with Gasteiger partial charge in [0.15, 0.2) is 6.04 Å². The summed E-state index contributed by atoms with van der Waals surface area (Å²) in [6.07, 6.45) is 1.64. The molecule has 0 aromatic heterocycles. The average molecular weight is 301 g/mol. The lowest BCUT2D eigenvalue weighted by atomic mass is 9.98. The molecule has 6 heteroatoms. The monoisotopic (exact) mass is 301 g/mol. The van der Waals surface area contributed by atoms with Gasteiger partial charge in [-0.25, -0.2) is 9.59 Å². The SMILES string of the molecule is COC(=O)[C@@H](NC(=O)OC(C)(C)C)C(C)(C)OCC1CC1. The molecule has 0 heterocycles. The standard InChI is InChI=1S/C15H27NO5/c1-14(2,3)21-13(18)16-11(12(17)19-6)15(4,5)20-9-10-7-8-10/h10-11H,7-9H2,1-6H3,(H,16,18)/t11-/m1/s1. The molecule has 0 unspecified atom stereocenters. The van der Waals surface area contributed by atoms with E-state index in [1.165, 1.54) is 7.11 Å². The van der Waals surface area contributed by atoms with E-state index in [1.807, 2.05) is 0 Å². The largest absolute Gasteiger partial charge is 0.467 e. The molecule has 0 spiro atoms. The molecule has 0 aliphatic heterocycles. The zero-order valence-electron chi connectivity index (χ0n) is 13.8. The number of hydrogen-bond acceptors (Lipinski definition) is 5. The molecule has 21 heavy (non-hydrogen) atoms. The highest BCUT2D eigenvalue weighted by atomic mass is 16.6. The summed E-state index contributed by atoms with van der Waals surface area (Å²) in [6, 6.07) is -0.920. The molecule has 0 aromatic rings. The van der Waals surface area contributed by atoms with Gasteiger partial charge in [0.1, 0.15) is 5.60 Å². The summed E-state index contributed by atoms with van der Waals surface area (Å²) in [4.78, 5) is 23.8. The van der Waals surface area contributed by atoms with E-state index in [2.05, 4.69) is 5.32 Å². The average Bonchev–Trinajstić information content (AvgIpc) is 3.14. The zero-order chi connectivity index (χ0) is 16.3. The number of ether oxygens (including phenoxy) is 3. The smallest absolute Gasteiger partial charge is 0.408 e. The number of methoxy groups -OCH3 is 1. The first-order valence-electron chi connectivity index (χ1n) is 7.26. The second kappa shape index (κ2) is 6.64. The molecule has 0 radical (unpaired) electrons. The fourth-order valence-electron chi connectivity index (χ4n) is 1.76. The maximum Gasteiger partial charge on any atom is 0.408 e. The molecule has 1 fully saturated rings. The lowest BCUT2D eigenvalue weighted by Gasteiger charge is -2.33. The van der Waals surface area contributed by atoms with Crippen molar-refractivity contribution in [3.63, 3.8) is 0 Å². The van der Waals surface area contributed by atoms with E-state index in [0.29, 0.717) is 12.5 Å². The van der Waals surface area contributed by atoms with Gasteiger partial charge in [-0.05, 0) is 53.4 Å². The number of carbonyl (C=O) groups excluding carboxylic acids is 2. The zero-order valence-corrected chi connectivity index (χ0v) is 13.8. The van der Waals surface area contributed by atoms with E-state index in [-0.39, 0.29) is 0 Å². The molecule has 1 aliphatic carbocycles. The first-order valence-corrected chi connectivity index (χ1v) is 7.26. The number of carbonyl (C=O) groups is 2. The maximum atomic E-state index is 11.9. The van der Waals surface area contributed by atoms with Crippen LogP contribution < -0.4 is 5.32 Å².